The number of rotatable bonds is 4. The molecule has 0 radical (unpaired) electrons. The Bertz CT molecular complexity index is 551. The van der Waals surface area contributed by atoms with E-state index in [9.17, 15) is 18.0 Å². The van der Waals surface area contributed by atoms with E-state index in [1.165, 1.54) is 12.1 Å². The first-order valence-corrected chi connectivity index (χ1v) is 7.98. The average molecular weight is 328 g/mol. The summed E-state index contributed by atoms with van der Waals surface area (Å²) in [4.78, 5) is 12.3. The number of nitrogens with two attached hydrogens (primary N) is 1. The van der Waals surface area contributed by atoms with Gasteiger partial charge in [0.25, 0.3) is 0 Å². The second kappa shape index (κ2) is 6.91. The van der Waals surface area contributed by atoms with E-state index in [0.717, 1.165) is 25.3 Å². The van der Waals surface area contributed by atoms with Crippen LogP contribution in [0.2, 0.25) is 0 Å². The van der Waals surface area contributed by atoms with Crippen LogP contribution in [-0.4, -0.2) is 12.5 Å². The van der Waals surface area contributed by atoms with Gasteiger partial charge in [0.1, 0.15) is 0 Å². The Morgan fingerprint density at radius 1 is 1.30 bits per heavy atom. The summed E-state index contributed by atoms with van der Waals surface area (Å²) >= 11 is 0. The van der Waals surface area contributed by atoms with E-state index in [-0.39, 0.29) is 18.4 Å². The Balaban J connectivity index is 2.37. The lowest BCUT2D eigenvalue weighted by Gasteiger charge is -2.39. The van der Waals surface area contributed by atoms with E-state index in [2.05, 4.69) is 5.32 Å². The van der Waals surface area contributed by atoms with Crippen LogP contribution in [0.25, 0.3) is 0 Å². The molecule has 1 saturated carbocycles. The Kier molecular flexibility index (Phi) is 5.34. The fourth-order valence-corrected chi connectivity index (χ4v) is 3.10. The Morgan fingerprint density at radius 3 is 2.52 bits per heavy atom. The van der Waals surface area contributed by atoms with Gasteiger partial charge in [0, 0.05) is 12.5 Å². The second-order valence-corrected chi connectivity index (χ2v) is 6.35. The number of nitrogens with one attached hydrogen (secondary N) is 1. The maximum atomic E-state index is 13.0. The van der Waals surface area contributed by atoms with Crippen molar-refractivity contribution in [1.82, 2.24) is 5.32 Å². The molecule has 23 heavy (non-hydrogen) atoms. The van der Waals surface area contributed by atoms with E-state index < -0.39 is 17.3 Å². The monoisotopic (exact) mass is 328 g/mol. The molecule has 1 aliphatic rings. The molecule has 2 rings (SSSR count). The molecule has 0 bridgehead atoms. The van der Waals surface area contributed by atoms with Crippen molar-refractivity contribution in [3.05, 3.63) is 35.4 Å². The number of hydrogen-bond acceptors (Lipinski definition) is 2. The zero-order valence-corrected chi connectivity index (χ0v) is 13.2. The number of benzene rings is 1. The summed E-state index contributed by atoms with van der Waals surface area (Å²) in [6.07, 6.45) is -0.292. The molecule has 0 saturated heterocycles. The third kappa shape index (κ3) is 4.05. The Morgan fingerprint density at radius 2 is 1.96 bits per heavy atom. The lowest BCUT2D eigenvalue weighted by molar-refractivity contribution is -0.137. The summed E-state index contributed by atoms with van der Waals surface area (Å²) in [5.41, 5.74) is 4.66. The van der Waals surface area contributed by atoms with Gasteiger partial charge >= 0.3 is 6.18 Å². The van der Waals surface area contributed by atoms with Crippen LogP contribution in [0, 0.1) is 5.92 Å². The zero-order valence-electron chi connectivity index (χ0n) is 13.2. The van der Waals surface area contributed by atoms with Crippen LogP contribution < -0.4 is 11.1 Å². The van der Waals surface area contributed by atoms with Crippen LogP contribution in [0.15, 0.2) is 24.3 Å². The molecule has 1 aliphatic carbocycles. The smallest absolute Gasteiger partial charge is 0.346 e. The van der Waals surface area contributed by atoms with E-state index in [1.807, 2.05) is 0 Å². The molecule has 0 aromatic heterocycles. The molecule has 1 atom stereocenters. The van der Waals surface area contributed by atoms with Crippen molar-refractivity contribution in [2.75, 3.05) is 6.54 Å². The van der Waals surface area contributed by atoms with Crippen molar-refractivity contribution >= 4 is 5.91 Å². The van der Waals surface area contributed by atoms with Crippen LogP contribution in [0.3, 0.4) is 0 Å². The van der Waals surface area contributed by atoms with Crippen molar-refractivity contribution in [2.24, 2.45) is 11.7 Å². The number of hydrogen-bond donors (Lipinski definition) is 2. The van der Waals surface area contributed by atoms with Gasteiger partial charge in [-0.2, -0.15) is 13.2 Å². The molecule has 1 aromatic rings. The predicted octanol–water partition coefficient (Wildman–Crippen LogP) is 3.58. The minimum atomic E-state index is -4.39. The molecule has 6 heteroatoms. The van der Waals surface area contributed by atoms with Crippen molar-refractivity contribution < 1.29 is 18.0 Å². The SMILES string of the molecule is CC(CN)C(=O)NC1(c2cccc(C(F)(F)F)c2)CCCCC1. The highest BCUT2D eigenvalue weighted by Gasteiger charge is 2.38. The molecular weight excluding hydrogens is 305 g/mol. The summed E-state index contributed by atoms with van der Waals surface area (Å²) in [7, 11) is 0. The standard InChI is InChI=1S/C17H23F3N2O/c1-12(11-21)15(23)22-16(8-3-2-4-9-16)13-6-5-7-14(10-13)17(18,19)20/h5-7,10,12H,2-4,8-9,11,21H2,1H3,(H,22,23). The highest BCUT2D eigenvalue weighted by atomic mass is 19.4. The highest BCUT2D eigenvalue weighted by molar-refractivity contribution is 5.79. The first-order chi connectivity index (χ1) is 10.8. The van der Waals surface area contributed by atoms with Crippen molar-refractivity contribution in [3.63, 3.8) is 0 Å². The molecule has 0 spiro atoms. The minimum absolute atomic E-state index is 0.202. The fraction of sp³-hybridized carbons (Fsp3) is 0.588. The Hall–Kier alpha value is -1.56. The molecule has 0 heterocycles. The fourth-order valence-electron chi connectivity index (χ4n) is 3.10. The Labute approximate surface area is 134 Å². The first-order valence-electron chi connectivity index (χ1n) is 7.98. The largest absolute Gasteiger partial charge is 0.416 e. The molecule has 3 N–H and O–H groups in total. The molecule has 1 amide bonds. The third-order valence-corrected chi connectivity index (χ3v) is 4.61. The summed E-state index contributed by atoms with van der Waals surface area (Å²) in [6.45, 7) is 1.93. The molecule has 0 aliphatic heterocycles. The summed E-state index contributed by atoms with van der Waals surface area (Å²) < 4.78 is 39.0. The van der Waals surface area contributed by atoms with Gasteiger partial charge in [-0.15, -0.1) is 0 Å². The van der Waals surface area contributed by atoms with Gasteiger partial charge in [-0.05, 0) is 30.5 Å². The summed E-state index contributed by atoms with van der Waals surface area (Å²) in [5.74, 6) is -0.564. The molecule has 128 valence electrons. The first kappa shape index (κ1) is 17.8. The van der Waals surface area contributed by atoms with Gasteiger partial charge < -0.3 is 11.1 Å². The molecule has 1 unspecified atom stereocenters. The number of carbonyl (C=O) groups is 1. The van der Waals surface area contributed by atoms with Crippen LogP contribution in [0.1, 0.15) is 50.2 Å². The van der Waals surface area contributed by atoms with Crippen LogP contribution in [-0.2, 0) is 16.5 Å². The topological polar surface area (TPSA) is 55.1 Å². The van der Waals surface area contributed by atoms with Crippen LogP contribution in [0.5, 0.6) is 0 Å². The lowest BCUT2D eigenvalue weighted by Crippen LogP contribution is -2.50. The number of carbonyl (C=O) groups excluding carboxylic acids is 1. The summed E-state index contributed by atoms with van der Waals surface area (Å²) in [5, 5.41) is 2.99. The van der Waals surface area contributed by atoms with E-state index >= 15 is 0 Å². The molecular formula is C17H23F3N2O. The third-order valence-electron chi connectivity index (χ3n) is 4.61. The van der Waals surface area contributed by atoms with Crippen LogP contribution >= 0.6 is 0 Å². The van der Waals surface area contributed by atoms with Gasteiger partial charge in [0.05, 0.1) is 11.1 Å². The predicted molar refractivity (Wildman–Crippen MR) is 82.6 cm³/mol. The minimum Gasteiger partial charge on any atom is -0.346 e. The van der Waals surface area contributed by atoms with Gasteiger partial charge in [0.15, 0.2) is 0 Å². The number of halogens is 3. The zero-order chi connectivity index (χ0) is 17.1. The van der Waals surface area contributed by atoms with E-state index in [1.54, 1.807) is 13.0 Å². The number of alkyl halides is 3. The normalized spacial score (nSPS) is 19.2. The maximum Gasteiger partial charge on any atom is 0.416 e. The van der Waals surface area contributed by atoms with Crippen LogP contribution in [0.4, 0.5) is 13.2 Å². The quantitative estimate of drug-likeness (QED) is 0.888. The highest BCUT2D eigenvalue weighted by Crippen LogP contribution is 2.39. The van der Waals surface area contributed by atoms with Crippen molar-refractivity contribution in [3.8, 4) is 0 Å². The van der Waals surface area contributed by atoms with Crippen molar-refractivity contribution in [1.29, 1.82) is 0 Å². The molecule has 1 aromatic carbocycles. The summed E-state index contributed by atoms with van der Waals surface area (Å²) in [6, 6.07) is 5.31. The van der Waals surface area contributed by atoms with Gasteiger partial charge in [0.2, 0.25) is 5.91 Å². The molecule has 1 fully saturated rings. The van der Waals surface area contributed by atoms with E-state index in [0.29, 0.717) is 18.4 Å². The number of amides is 1. The van der Waals surface area contributed by atoms with Gasteiger partial charge in [-0.25, -0.2) is 0 Å². The van der Waals surface area contributed by atoms with Gasteiger partial charge in [-0.1, -0.05) is 38.3 Å². The van der Waals surface area contributed by atoms with Gasteiger partial charge in [-0.3, -0.25) is 4.79 Å². The lowest BCUT2D eigenvalue weighted by atomic mass is 9.76. The average Bonchev–Trinajstić information content (AvgIpc) is 2.54. The second-order valence-electron chi connectivity index (χ2n) is 6.35. The van der Waals surface area contributed by atoms with E-state index in [4.69, 9.17) is 5.73 Å². The molecule has 3 nitrogen and oxygen atoms in total. The maximum absolute atomic E-state index is 13.0. The van der Waals surface area contributed by atoms with Crippen molar-refractivity contribution in [2.45, 2.75) is 50.7 Å².